The summed E-state index contributed by atoms with van der Waals surface area (Å²) in [7, 11) is 0. The Morgan fingerprint density at radius 2 is 1.96 bits per heavy atom. The Morgan fingerprint density at radius 1 is 1.15 bits per heavy atom. The maximum atomic E-state index is 13.0. The molecule has 0 aromatic heterocycles. The SMILES string of the molecule is Cc1cc(C)c(C2=CCNCC2)c(C)c1C(=O)C=Cc1cccc(N=O)c1. The van der Waals surface area contributed by atoms with Gasteiger partial charge in [-0.1, -0.05) is 30.4 Å². The molecule has 4 nitrogen and oxygen atoms in total. The molecule has 3 rings (SSSR count). The molecule has 0 amide bonds. The average molecular weight is 360 g/mol. The highest BCUT2D eigenvalue weighted by molar-refractivity contribution is 6.09. The second-order valence-electron chi connectivity index (χ2n) is 6.95. The van der Waals surface area contributed by atoms with Gasteiger partial charge in [-0.05, 0) is 90.5 Å². The summed E-state index contributed by atoms with van der Waals surface area (Å²) < 4.78 is 0. The van der Waals surface area contributed by atoms with E-state index in [-0.39, 0.29) is 5.78 Å². The summed E-state index contributed by atoms with van der Waals surface area (Å²) in [6.45, 7) is 7.96. The smallest absolute Gasteiger partial charge is 0.186 e. The molecule has 1 heterocycles. The predicted octanol–water partition coefficient (Wildman–Crippen LogP) is 5.28. The van der Waals surface area contributed by atoms with Crippen LogP contribution in [0.25, 0.3) is 11.6 Å². The molecule has 138 valence electrons. The van der Waals surface area contributed by atoms with E-state index in [9.17, 15) is 9.70 Å². The van der Waals surface area contributed by atoms with Crippen molar-refractivity contribution in [1.29, 1.82) is 0 Å². The normalized spacial score (nSPS) is 14.3. The summed E-state index contributed by atoms with van der Waals surface area (Å²) in [6, 6.07) is 9.00. The predicted molar refractivity (Wildman–Crippen MR) is 111 cm³/mol. The monoisotopic (exact) mass is 360 g/mol. The van der Waals surface area contributed by atoms with Crippen molar-refractivity contribution >= 4 is 23.1 Å². The maximum Gasteiger partial charge on any atom is 0.186 e. The third-order valence-corrected chi connectivity index (χ3v) is 5.01. The van der Waals surface area contributed by atoms with Gasteiger partial charge in [0.1, 0.15) is 5.69 Å². The van der Waals surface area contributed by atoms with Crippen LogP contribution < -0.4 is 5.32 Å². The van der Waals surface area contributed by atoms with E-state index in [0.29, 0.717) is 5.69 Å². The Hall–Kier alpha value is -2.85. The summed E-state index contributed by atoms with van der Waals surface area (Å²) in [5.74, 6) is -0.0229. The van der Waals surface area contributed by atoms with Crippen molar-refractivity contribution in [2.45, 2.75) is 27.2 Å². The molecule has 0 spiro atoms. The molecule has 1 aliphatic heterocycles. The topological polar surface area (TPSA) is 58.5 Å². The quantitative estimate of drug-likeness (QED) is 0.448. The molecule has 0 saturated heterocycles. The van der Waals surface area contributed by atoms with Gasteiger partial charge >= 0.3 is 0 Å². The van der Waals surface area contributed by atoms with Crippen molar-refractivity contribution in [2.24, 2.45) is 5.18 Å². The molecule has 27 heavy (non-hydrogen) atoms. The lowest BCUT2D eigenvalue weighted by atomic mass is 9.85. The Labute approximate surface area is 160 Å². The zero-order valence-corrected chi connectivity index (χ0v) is 16.0. The van der Waals surface area contributed by atoms with Crippen LogP contribution in [0.3, 0.4) is 0 Å². The summed E-state index contributed by atoms with van der Waals surface area (Å²) >= 11 is 0. The molecule has 0 radical (unpaired) electrons. The molecule has 0 atom stereocenters. The van der Waals surface area contributed by atoms with E-state index in [4.69, 9.17) is 0 Å². The van der Waals surface area contributed by atoms with E-state index < -0.39 is 0 Å². The molecule has 1 N–H and O–H groups in total. The number of carbonyl (C=O) groups excluding carboxylic acids is 1. The lowest BCUT2D eigenvalue weighted by Crippen LogP contribution is -2.21. The van der Waals surface area contributed by atoms with Crippen molar-refractivity contribution in [2.75, 3.05) is 13.1 Å². The van der Waals surface area contributed by atoms with Gasteiger partial charge in [0.25, 0.3) is 0 Å². The number of nitrogens with zero attached hydrogens (tertiary/aromatic N) is 1. The number of nitroso groups, excluding NO2 is 1. The average Bonchev–Trinajstić information content (AvgIpc) is 2.67. The number of rotatable bonds is 5. The molecular weight excluding hydrogens is 336 g/mol. The van der Waals surface area contributed by atoms with Crippen molar-refractivity contribution in [1.82, 2.24) is 5.32 Å². The zero-order chi connectivity index (χ0) is 19.4. The van der Waals surface area contributed by atoms with Gasteiger partial charge in [-0.3, -0.25) is 4.79 Å². The molecule has 0 aliphatic carbocycles. The Bertz CT molecular complexity index is 955. The fraction of sp³-hybridized carbons (Fsp3) is 0.261. The van der Waals surface area contributed by atoms with Crippen molar-refractivity contribution < 1.29 is 4.79 Å². The van der Waals surface area contributed by atoms with Crippen molar-refractivity contribution in [3.63, 3.8) is 0 Å². The van der Waals surface area contributed by atoms with Crippen molar-refractivity contribution in [3.8, 4) is 0 Å². The van der Waals surface area contributed by atoms with E-state index in [1.807, 2.05) is 19.9 Å². The Morgan fingerprint density at radius 3 is 2.67 bits per heavy atom. The lowest BCUT2D eigenvalue weighted by Gasteiger charge is -2.21. The first kappa shape index (κ1) is 18.9. The number of nitrogens with one attached hydrogen (secondary N) is 1. The van der Waals surface area contributed by atoms with Crippen LogP contribution >= 0.6 is 0 Å². The van der Waals surface area contributed by atoms with Gasteiger partial charge in [-0.2, -0.15) is 0 Å². The maximum absolute atomic E-state index is 13.0. The van der Waals surface area contributed by atoms with Crippen LogP contribution in [0, 0.1) is 25.7 Å². The number of benzene rings is 2. The third-order valence-electron chi connectivity index (χ3n) is 5.01. The Balaban J connectivity index is 1.97. The minimum atomic E-state index is -0.0229. The second kappa shape index (κ2) is 8.23. The van der Waals surface area contributed by atoms with Gasteiger partial charge in [0.2, 0.25) is 0 Å². The molecule has 2 aromatic carbocycles. The van der Waals surface area contributed by atoms with E-state index in [1.54, 1.807) is 30.4 Å². The van der Waals surface area contributed by atoms with Gasteiger partial charge in [-0.25, -0.2) is 0 Å². The lowest BCUT2D eigenvalue weighted by molar-refractivity contribution is 0.104. The van der Waals surface area contributed by atoms with Crippen LogP contribution in [0.4, 0.5) is 5.69 Å². The van der Waals surface area contributed by atoms with Gasteiger partial charge in [0, 0.05) is 12.1 Å². The van der Waals surface area contributed by atoms with Gasteiger partial charge in [0.15, 0.2) is 5.78 Å². The van der Waals surface area contributed by atoms with E-state index in [2.05, 4.69) is 29.6 Å². The molecule has 0 saturated carbocycles. The van der Waals surface area contributed by atoms with Crippen LogP contribution in [0.1, 0.15) is 44.6 Å². The van der Waals surface area contributed by atoms with E-state index >= 15 is 0 Å². The minimum Gasteiger partial charge on any atom is -0.313 e. The summed E-state index contributed by atoms with van der Waals surface area (Å²) in [6.07, 6.45) is 6.50. The number of hydrogen-bond acceptors (Lipinski definition) is 4. The summed E-state index contributed by atoms with van der Waals surface area (Å²) in [5.41, 5.74) is 7.65. The highest BCUT2D eigenvalue weighted by Crippen LogP contribution is 2.31. The highest BCUT2D eigenvalue weighted by Gasteiger charge is 2.18. The van der Waals surface area contributed by atoms with Crippen LogP contribution in [0.15, 0.2) is 47.7 Å². The molecule has 0 bridgehead atoms. The molecule has 1 aliphatic rings. The second-order valence-corrected chi connectivity index (χ2v) is 6.95. The molecular formula is C23H24N2O2. The largest absolute Gasteiger partial charge is 0.313 e. The first-order valence-corrected chi connectivity index (χ1v) is 9.18. The van der Waals surface area contributed by atoms with Crippen LogP contribution in [-0.2, 0) is 0 Å². The first-order chi connectivity index (χ1) is 13.0. The molecule has 0 fully saturated rings. The Kier molecular flexibility index (Phi) is 5.77. The standard InChI is InChI=1S/C23H24N2O2/c1-15-13-16(2)23(17(3)22(15)19-9-11-24-12-10-19)21(26)8-7-18-5-4-6-20(14-18)25-27/h4-9,13-14,24H,10-12H2,1-3H3. The van der Waals surface area contributed by atoms with Gasteiger partial charge < -0.3 is 5.32 Å². The fourth-order valence-corrected chi connectivity index (χ4v) is 3.85. The van der Waals surface area contributed by atoms with Crippen molar-refractivity contribution in [3.05, 3.63) is 80.8 Å². The van der Waals surface area contributed by atoms with Crippen LogP contribution in [0.5, 0.6) is 0 Å². The number of hydrogen-bond donors (Lipinski definition) is 1. The molecule has 2 aromatic rings. The number of carbonyl (C=O) groups is 1. The fourth-order valence-electron chi connectivity index (χ4n) is 3.85. The number of aryl methyl sites for hydroxylation is 2. The minimum absolute atomic E-state index is 0.0229. The first-order valence-electron chi connectivity index (χ1n) is 9.18. The third kappa shape index (κ3) is 4.12. The molecule has 0 unspecified atom stereocenters. The number of ketones is 1. The van der Waals surface area contributed by atoms with E-state index in [1.165, 1.54) is 16.7 Å². The van der Waals surface area contributed by atoms with Gasteiger partial charge in [-0.15, -0.1) is 4.91 Å². The molecule has 4 heteroatoms. The zero-order valence-electron chi connectivity index (χ0n) is 16.0. The summed E-state index contributed by atoms with van der Waals surface area (Å²) in [5, 5.41) is 6.27. The highest BCUT2D eigenvalue weighted by atomic mass is 16.3. The van der Waals surface area contributed by atoms with Crippen LogP contribution in [-0.4, -0.2) is 18.9 Å². The summed E-state index contributed by atoms with van der Waals surface area (Å²) in [4.78, 5) is 23.6. The van der Waals surface area contributed by atoms with Crippen LogP contribution in [0.2, 0.25) is 0 Å². The van der Waals surface area contributed by atoms with Gasteiger partial charge in [0.05, 0.1) is 0 Å². The van der Waals surface area contributed by atoms with E-state index in [0.717, 1.165) is 41.8 Å². The number of allylic oxidation sites excluding steroid dienone is 1.